The van der Waals surface area contributed by atoms with E-state index in [1.807, 2.05) is 20.8 Å². The molecule has 4 nitrogen and oxygen atoms in total. The standard InChI is InChI=1S/C15H20ClNO3S/c1-15(2,3)20-14(19)17-6-4-5-11(17)8-12(18)10-7-13(16)21-9-10/h7,9,11H,4-6,8H2,1-3H3. The van der Waals surface area contributed by atoms with Crippen molar-refractivity contribution in [1.29, 1.82) is 0 Å². The average Bonchev–Trinajstić information content (AvgIpc) is 2.95. The first kappa shape index (κ1) is 16.3. The fraction of sp³-hybridized carbons (Fsp3) is 0.600. The van der Waals surface area contributed by atoms with E-state index in [4.69, 9.17) is 16.3 Å². The molecule has 116 valence electrons. The Morgan fingerprint density at radius 3 is 2.76 bits per heavy atom. The minimum Gasteiger partial charge on any atom is -0.444 e. The Morgan fingerprint density at radius 1 is 1.48 bits per heavy atom. The Bertz CT molecular complexity index is 535. The van der Waals surface area contributed by atoms with Gasteiger partial charge < -0.3 is 9.64 Å². The molecule has 0 radical (unpaired) electrons. The topological polar surface area (TPSA) is 46.6 Å². The molecule has 0 bridgehead atoms. The molecule has 2 rings (SSSR count). The SMILES string of the molecule is CC(C)(C)OC(=O)N1CCCC1CC(=O)c1csc(Cl)c1. The number of hydrogen-bond donors (Lipinski definition) is 0. The van der Waals surface area contributed by atoms with Crippen LogP contribution in [0.4, 0.5) is 4.79 Å². The number of hydrogen-bond acceptors (Lipinski definition) is 4. The molecular formula is C15H20ClNO3S. The van der Waals surface area contributed by atoms with Gasteiger partial charge in [0.1, 0.15) is 5.60 Å². The maximum atomic E-state index is 12.2. The zero-order chi connectivity index (χ0) is 15.6. The summed E-state index contributed by atoms with van der Waals surface area (Å²) in [6.07, 6.45) is 1.73. The predicted octanol–water partition coefficient (Wildman–Crippen LogP) is 4.37. The van der Waals surface area contributed by atoms with Crippen LogP contribution in [-0.4, -0.2) is 35.0 Å². The van der Waals surface area contributed by atoms with Gasteiger partial charge in [0.05, 0.1) is 4.34 Å². The highest BCUT2D eigenvalue weighted by Crippen LogP contribution is 2.26. The van der Waals surface area contributed by atoms with Crippen molar-refractivity contribution in [3.63, 3.8) is 0 Å². The Morgan fingerprint density at radius 2 is 2.19 bits per heavy atom. The average molecular weight is 330 g/mol. The normalized spacial score (nSPS) is 18.9. The maximum Gasteiger partial charge on any atom is 0.410 e. The van der Waals surface area contributed by atoms with Crippen LogP contribution in [0.15, 0.2) is 11.4 Å². The summed E-state index contributed by atoms with van der Waals surface area (Å²) in [4.78, 5) is 26.1. The second-order valence-corrected chi connectivity index (χ2v) is 7.78. The summed E-state index contributed by atoms with van der Waals surface area (Å²) < 4.78 is 6.01. The van der Waals surface area contributed by atoms with Crippen molar-refractivity contribution in [2.45, 2.75) is 51.7 Å². The zero-order valence-electron chi connectivity index (χ0n) is 12.5. The highest BCUT2D eigenvalue weighted by atomic mass is 35.5. The third kappa shape index (κ3) is 4.45. The Kier molecular flexibility index (Phi) is 4.94. The van der Waals surface area contributed by atoms with Gasteiger partial charge in [-0.15, -0.1) is 11.3 Å². The fourth-order valence-electron chi connectivity index (χ4n) is 2.40. The quantitative estimate of drug-likeness (QED) is 0.773. The Labute approximate surface area is 134 Å². The molecule has 1 atom stereocenters. The van der Waals surface area contributed by atoms with E-state index in [1.54, 1.807) is 16.3 Å². The molecule has 1 aliphatic heterocycles. The highest BCUT2D eigenvalue weighted by molar-refractivity contribution is 7.14. The van der Waals surface area contributed by atoms with Crippen LogP contribution in [0.2, 0.25) is 4.34 Å². The first-order valence-corrected chi connectivity index (χ1v) is 8.29. The summed E-state index contributed by atoms with van der Waals surface area (Å²) in [6, 6.07) is 1.60. The van der Waals surface area contributed by atoms with Gasteiger partial charge in [0.2, 0.25) is 0 Å². The molecule has 0 N–H and O–H groups in total. The molecule has 0 aromatic carbocycles. The third-order valence-corrected chi connectivity index (χ3v) is 4.41. The van der Waals surface area contributed by atoms with Gasteiger partial charge in [-0.05, 0) is 39.7 Å². The molecule has 1 aromatic rings. The molecule has 1 aromatic heterocycles. The van der Waals surface area contributed by atoms with Crippen LogP contribution in [-0.2, 0) is 4.74 Å². The fourth-order valence-corrected chi connectivity index (χ4v) is 3.28. The molecular weight excluding hydrogens is 310 g/mol. The van der Waals surface area contributed by atoms with Crippen LogP contribution < -0.4 is 0 Å². The number of halogens is 1. The third-order valence-electron chi connectivity index (χ3n) is 3.32. The maximum absolute atomic E-state index is 12.2. The molecule has 0 spiro atoms. The lowest BCUT2D eigenvalue weighted by atomic mass is 10.0. The van der Waals surface area contributed by atoms with Crippen molar-refractivity contribution in [2.75, 3.05) is 6.54 Å². The monoisotopic (exact) mass is 329 g/mol. The van der Waals surface area contributed by atoms with Crippen LogP contribution >= 0.6 is 22.9 Å². The molecule has 1 saturated heterocycles. The zero-order valence-corrected chi connectivity index (χ0v) is 14.1. The first-order valence-electron chi connectivity index (χ1n) is 7.03. The minimum atomic E-state index is -0.519. The number of thiophene rings is 1. The molecule has 1 fully saturated rings. The van der Waals surface area contributed by atoms with E-state index in [-0.39, 0.29) is 17.9 Å². The van der Waals surface area contributed by atoms with Gasteiger partial charge in [-0.2, -0.15) is 0 Å². The van der Waals surface area contributed by atoms with Crippen molar-refractivity contribution < 1.29 is 14.3 Å². The van der Waals surface area contributed by atoms with E-state index in [1.165, 1.54) is 11.3 Å². The van der Waals surface area contributed by atoms with Crippen molar-refractivity contribution >= 4 is 34.8 Å². The molecule has 0 aliphatic carbocycles. The van der Waals surface area contributed by atoms with Gasteiger partial charge in [0.15, 0.2) is 5.78 Å². The lowest BCUT2D eigenvalue weighted by molar-refractivity contribution is 0.0223. The first-order chi connectivity index (χ1) is 9.76. The molecule has 1 aliphatic rings. The van der Waals surface area contributed by atoms with E-state index in [9.17, 15) is 9.59 Å². The van der Waals surface area contributed by atoms with Gasteiger partial charge in [0, 0.05) is 30.0 Å². The van der Waals surface area contributed by atoms with Gasteiger partial charge in [0.25, 0.3) is 0 Å². The number of ketones is 1. The summed E-state index contributed by atoms with van der Waals surface area (Å²) in [5.74, 6) is 0.0265. The van der Waals surface area contributed by atoms with Crippen LogP contribution in [0.3, 0.4) is 0 Å². The lowest BCUT2D eigenvalue weighted by Gasteiger charge is -2.28. The molecule has 1 amide bonds. The molecule has 2 heterocycles. The predicted molar refractivity (Wildman–Crippen MR) is 84.2 cm³/mol. The molecule has 21 heavy (non-hydrogen) atoms. The lowest BCUT2D eigenvalue weighted by Crippen LogP contribution is -2.40. The van der Waals surface area contributed by atoms with Crippen LogP contribution in [0.25, 0.3) is 0 Å². The number of likely N-dealkylation sites (tertiary alicyclic amines) is 1. The summed E-state index contributed by atoms with van der Waals surface area (Å²) in [5.41, 5.74) is 0.107. The van der Waals surface area contributed by atoms with E-state index >= 15 is 0 Å². The summed E-state index contributed by atoms with van der Waals surface area (Å²) >= 11 is 7.20. The molecule has 6 heteroatoms. The second kappa shape index (κ2) is 6.36. The van der Waals surface area contributed by atoms with Gasteiger partial charge in [-0.3, -0.25) is 4.79 Å². The van der Waals surface area contributed by atoms with Crippen LogP contribution in [0.5, 0.6) is 0 Å². The van der Waals surface area contributed by atoms with Crippen molar-refractivity contribution in [1.82, 2.24) is 4.90 Å². The van der Waals surface area contributed by atoms with Crippen molar-refractivity contribution in [2.24, 2.45) is 0 Å². The van der Waals surface area contributed by atoms with E-state index in [2.05, 4.69) is 0 Å². The minimum absolute atomic E-state index is 0.0265. The number of rotatable bonds is 3. The number of ether oxygens (including phenoxy) is 1. The Hall–Kier alpha value is -1.07. The van der Waals surface area contributed by atoms with Gasteiger partial charge >= 0.3 is 6.09 Å². The molecule has 1 unspecified atom stereocenters. The summed E-state index contributed by atoms with van der Waals surface area (Å²) in [7, 11) is 0. The summed E-state index contributed by atoms with van der Waals surface area (Å²) in [5, 5.41) is 1.76. The highest BCUT2D eigenvalue weighted by Gasteiger charge is 2.33. The van der Waals surface area contributed by atoms with Gasteiger partial charge in [-0.1, -0.05) is 11.6 Å². The number of nitrogens with zero attached hydrogens (tertiary/aromatic N) is 1. The van der Waals surface area contributed by atoms with E-state index < -0.39 is 5.60 Å². The largest absolute Gasteiger partial charge is 0.444 e. The van der Waals surface area contributed by atoms with Gasteiger partial charge in [-0.25, -0.2) is 4.79 Å². The van der Waals surface area contributed by atoms with E-state index in [0.717, 1.165) is 12.8 Å². The smallest absolute Gasteiger partial charge is 0.410 e. The van der Waals surface area contributed by atoms with E-state index in [0.29, 0.717) is 22.9 Å². The number of Topliss-reactive ketones (excluding diaryl/α,β-unsaturated/α-hetero) is 1. The van der Waals surface area contributed by atoms with Crippen molar-refractivity contribution in [3.05, 3.63) is 21.3 Å². The van der Waals surface area contributed by atoms with Crippen LogP contribution in [0.1, 0.15) is 50.4 Å². The number of carbonyl (C=O) groups is 2. The number of amides is 1. The van der Waals surface area contributed by atoms with Crippen molar-refractivity contribution in [3.8, 4) is 0 Å². The van der Waals surface area contributed by atoms with Crippen LogP contribution in [0, 0.1) is 0 Å². The molecule has 0 saturated carbocycles. The number of carbonyl (C=O) groups excluding carboxylic acids is 2. The second-order valence-electron chi connectivity index (χ2n) is 6.24. The summed E-state index contributed by atoms with van der Waals surface area (Å²) in [6.45, 7) is 6.18. The Balaban J connectivity index is 1.99.